The fourth-order valence-corrected chi connectivity index (χ4v) is 4.23. The predicted molar refractivity (Wildman–Crippen MR) is 82.4 cm³/mol. The van der Waals surface area contributed by atoms with Crippen molar-refractivity contribution in [1.29, 1.82) is 0 Å². The number of fused-ring (bicyclic) bond motifs is 2. The number of nitrogens with one attached hydrogen (secondary N) is 1. The van der Waals surface area contributed by atoms with Crippen LogP contribution in [-0.4, -0.2) is 47.6 Å². The summed E-state index contributed by atoms with van der Waals surface area (Å²) in [5.74, 6) is 2.61. The van der Waals surface area contributed by atoms with E-state index in [1.807, 2.05) is 0 Å². The molecule has 2 bridgehead atoms. The van der Waals surface area contributed by atoms with Gasteiger partial charge in [0.1, 0.15) is 0 Å². The van der Waals surface area contributed by atoms with Gasteiger partial charge >= 0.3 is 0 Å². The van der Waals surface area contributed by atoms with E-state index in [0.29, 0.717) is 0 Å². The minimum absolute atomic E-state index is 0.832. The average molecular weight is 270 g/mol. The lowest BCUT2D eigenvalue weighted by atomic mass is 9.98. The molecule has 2 fully saturated rings. The van der Waals surface area contributed by atoms with Crippen molar-refractivity contribution < 1.29 is 0 Å². The Hall–Kier alpha value is 0.270. The Labute approximate surface area is 117 Å². The monoisotopic (exact) mass is 270 g/mol. The molecule has 2 aliphatic heterocycles. The van der Waals surface area contributed by atoms with Crippen molar-refractivity contribution in [3.05, 3.63) is 0 Å². The summed E-state index contributed by atoms with van der Waals surface area (Å²) in [4.78, 5) is 2.79. The lowest BCUT2D eigenvalue weighted by Gasteiger charge is -2.37. The molecule has 2 saturated heterocycles. The van der Waals surface area contributed by atoms with Crippen molar-refractivity contribution in [1.82, 2.24) is 10.2 Å². The lowest BCUT2D eigenvalue weighted by molar-refractivity contribution is 0.142. The maximum Gasteiger partial charge on any atom is 0.0125 e. The van der Waals surface area contributed by atoms with Gasteiger partial charge in [-0.15, -0.1) is 0 Å². The fourth-order valence-electron chi connectivity index (χ4n) is 3.60. The van der Waals surface area contributed by atoms with Gasteiger partial charge < -0.3 is 10.2 Å². The van der Waals surface area contributed by atoms with E-state index < -0.39 is 0 Å². The van der Waals surface area contributed by atoms with E-state index in [1.54, 1.807) is 0 Å². The van der Waals surface area contributed by atoms with Crippen molar-refractivity contribution in [2.75, 3.05) is 24.6 Å². The molecule has 2 rings (SSSR count). The quantitative estimate of drug-likeness (QED) is 0.682. The molecule has 0 aromatic rings. The third-order valence-electron chi connectivity index (χ3n) is 4.41. The molecule has 1 N–H and O–H groups in total. The van der Waals surface area contributed by atoms with E-state index in [0.717, 1.165) is 18.1 Å². The fraction of sp³-hybridized carbons (Fsp3) is 1.00. The second kappa shape index (κ2) is 7.76. The molecular weight excluding hydrogens is 240 g/mol. The van der Waals surface area contributed by atoms with Crippen LogP contribution < -0.4 is 5.32 Å². The number of thioether (sulfide) groups is 1. The first-order chi connectivity index (χ1) is 8.83. The zero-order valence-electron chi connectivity index (χ0n) is 12.2. The van der Waals surface area contributed by atoms with E-state index in [1.165, 1.54) is 63.1 Å². The smallest absolute Gasteiger partial charge is 0.0125 e. The van der Waals surface area contributed by atoms with Crippen LogP contribution in [0.4, 0.5) is 0 Å². The van der Waals surface area contributed by atoms with Crippen molar-refractivity contribution in [3.8, 4) is 0 Å². The molecule has 0 aromatic carbocycles. The molecule has 2 nitrogen and oxygen atoms in total. The summed E-state index contributed by atoms with van der Waals surface area (Å²) in [5, 5.41) is 3.76. The van der Waals surface area contributed by atoms with Gasteiger partial charge in [0.15, 0.2) is 0 Å². The predicted octanol–water partition coefficient (Wildman–Crippen LogP) is 3.12. The van der Waals surface area contributed by atoms with E-state index in [-0.39, 0.29) is 0 Å². The zero-order valence-corrected chi connectivity index (χ0v) is 13.0. The van der Waals surface area contributed by atoms with Crippen LogP contribution in [0.1, 0.15) is 52.4 Å². The van der Waals surface area contributed by atoms with E-state index >= 15 is 0 Å². The maximum atomic E-state index is 3.76. The third-order valence-corrected chi connectivity index (χ3v) is 5.40. The van der Waals surface area contributed by atoms with Gasteiger partial charge in [-0.2, -0.15) is 11.8 Å². The van der Waals surface area contributed by atoms with Gasteiger partial charge in [0.25, 0.3) is 0 Å². The SMILES string of the molecule is CCCN(CCCSCC)C1CC2CCC(C1)N2. The van der Waals surface area contributed by atoms with Crippen molar-refractivity contribution >= 4 is 11.8 Å². The molecule has 2 aliphatic rings. The molecule has 0 spiro atoms. The van der Waals surface area contributed by atoms with Crippen LogP contribution in [-0.2, 0) is 0 Å². The summed E-state index contributed by atoms with van der Waals surface area (Å²) in [6.07, 6.45) is 8.33. The highest BCUT2D eigenvalue weighted by atomic mass is 32.2. The second-order valence-electron chi connectivity index (χ2n) is 5.85. The summed E-state index contributed by atoms with van der Waals surface area (Å²) in [6, 6.07) is 2.53. The van der Waals surface area contributed by atoms with E-state index in [9.17, 15) is 0 Å². The van der Waals surface area contributed by atoms with Gasteiger partial charge in [-0.3, -0.25) is 0 Å². The Kier molecular flexibility index (Phi) is 6.33. The number of hydrogen-bond acceptors (Lipinski definition) is 3. The van der Waals surface area contributed by atoms with Gasteiger partial charge in [0, 0.05) is 18.1 Å². The highest BCUT2D eigenvalue weighted by Crippen LogP contribution is 2.30. The van der Waals surface area contributed by atoms with Gasteiger partial charge in [-0.1, -0.05) is 13.8 Å². The van der Waals surface area contributed by atoms with Crippen molar-refractivity contribution in [3.63, 3.8) is 0 Å². The molecule has 0 aromatic heterocycles. The Balaban J connectivity index is 1.77. The molecule has 0 aliphatic carbocycles. The molecule has 2 atom stereocenters. The van der Waals surface area contributed by atoms with Crippen LogP contribution in [0, 0.1) is 0 Å². The number of hydrogen-bond donors (Lipinski definition) is 1. The maximum absolute atomic E-state index is 3.76. The first-order valence-corrected chi connectivity index (χ1v) is 9.06. The zero-order chi connectivity index (χ0) is 12.8. The molecule has 0 radical (unpaired) electrons. The van der Waals surface area contributed by atoms with Crippen LogP contribution >= 0.6 is 11.8 Å². The third kappa shape index (κ3) is 4.14. The Morgan fingerprint density at radius 3 is 2.44 bits per heavy atom. The molecule has 3 heteroatoms. The van der Waals surface area contributed by atoms with Crippen LogP contribution in [0.2, 0.25) is 0 Å². The Morgan fingerprint density at radius 1 is 1.11 bits per heavy atom. The lowest BCUT2D eigenvalue weighted by Crippen LogP contribution is -2.48. The van der Waals surface area contributed by atoms with Gasteiger partial charge in [0.05, 0.1) is 0 Å². The largest absolute Gasteiger partial charge is 0.311 e. The molecule has 2 heterocycles. The first-order valence-electron chi connectivity index (χ1n) is 7.91. The summed E-state index contributed by atoms with van der Waals surface area (Å²) in [6.45, 7) is 7.22. The Morgan fingerprint density at radius 2 is 1.83 bits per heavy atom. The molecule has 18 heavy (non-hydrogen) atoms. The van der Waals surface area contributed by atoms with Crippen molar-refractivity contribution in [2.45, 2.75) is 70.5 Å². The van der Waals surface area contributed by atoms with Crippen LogP contribution in [0.15, 0.2) is 0 Å². The minimum Gasteiger partial charge on any atom is -0.311 e. The van der Waals surface area contributed by atoms with Crippen LogP contribution in [0.5, 0.6) is 0 Å². The van der Waals surface area contributed by atoms with Gasteiger partial charge in [-0.05, 0) is 63.1 Å². The number of nitrogens with zero attached hydrogens (tertiary/aromatic N) is 1. The molecule has 0 saturated carbocycles. The normalized spacial score (nSPS) is 31.2. The van der Waals surface area contributed by atoms with Gasteiger partial charge in [-0.25, -0.2) is 0 Å². The van der Waals surface area contributed by atoms with Crippen LogP contribution in [0.3, 0.4) is 0 Å². The summed E-state index contributed by atoms with van der Waals surface area (Å²) in [7, 11) is 0. The highest BCUT2D eigenvalue weighted by molar-refractivity contribution is 7.99. The number of piperidine rings is 1. The van der Waals surface area contributed by atoms with E-state index in [4.69, 9.17) is 0 Å². The standard InChI is InChI=1S/C15H30N2S/c1-3-8-17(9-5-10-18-4-2)15-11-13-6-7-14(12-15)16-13/h13-16H,3-12H2,1-2H3. The summed E-state index contributed by atoms with van der Waals surface area (Å²) < 4.78 is 0. The summed E-state index contributed by atoms with van der Waals surface area (Å²) >= 11 is 2.09. The molecule has 106 valence electrons. The highest BCUT2D eigenvalue weighted by Gasteiger charge is 2.35. The molecule has 2 unspecified atom stereocenters. The Bertz CT molecular complexity index is 223. The summed E-state index contributed by atoms with van der Waals surface area (Å²) in [5.41, 5.74) is 0. The van der Waals surface area contributed by atoms with Crippen LogP contribution in [0.25, 0.3) is 0 Å². The first kappa shape index (κ1) is 14.7. The van der Waals surface area contributed by atoms with Crippen molar-refractivity contribution in [2.24, 2.45) is 0 Å². The average Bonchev–Trinajstić information content (AvgIpc) is 2.72. The van der Waals surface area contributed by atoms with Gasteiger partial charge in [0.2, 0.25) is 0 Å². The minimum atomic E-state index is 0.832. The second-order valence-corrected chi connectivity index (χ2v) is 7.24. The van der Waals surface area contributed by atoms with E-state index in [2.05, 4.69) is 35.8 Å². The molecule has 0 amide bonds. The topological polar surface area (TPSA) is 15.3 Å². The molecular formula is C15H30N2S. The number of rotatable bonds is 8.